The second-order valence-electron chi connectivity index (χ2n) is 6.05. The third kappa shape index (κ3) is 3.27. The molecule has 0 amide bonds. The van der Waals surface area contributed by atoms with E-state index in [1.807, 2.05) is 6.92 Å². The molecule has 19 heavy (non-hydrogen) atoms. The second-order valence-corrected chi connectivity index (χ2v) is 6.05. The van der Waals surface area contributed by atoms with Gasteiger partial charge in [-0.15, -0.1) is 0 Å². The molecule has 1 aromatic carbocycles. The van der Waals surface area contributed by atoms with Crippen LogP contribution in [-0.4, -0.2) is 5.11 Å². The zero-order valence-electron chi connectivity index (χ0n) is 12.5. The van der Waals surface area contributed by atoms with Crippen LogP contribution in [0.4, 0.5) is 0 Å². The summed E-state index contributed by atoms with van der Waals surface area (Å²) in [5.41, 5.74) is 3.96. The van der Waals surface area contributed by atoms with Gasteiger partial charge in [0.15, 0.2) is 0 Å². The van der Waals surface area contributed by atoms with Crippen molar-refractivity contribution in [3.05, 3.63) is 46.5 Å². The average Bonchev–Trinajstić information content (AvgIpc) is 2.31. The van der Waals surface area contributed by atoms with Crippen molar-refractivity contribution < 1.29 is 5.11 Å². The number of benzene rings is 1. The van der Waals surface area contributed by atoms with E-state index in [9.17, 15) is 5.11 Å². The predicted octanol–water partition coefficient (Wildman–Crippen LogP) is 4.79. The molecule has 1 heteroatoms. The highest BCUT2D eigenvalue weighted by molar-refractivity contribution is 5.38. The van der Waals surface area contributed by atoms with Gasteiger partial charge in [0, 0.05) is 0 Å². The quantitative estimate of drug-likeness (QED) is 0.756. The first-order valence-electron chi connectivity index (χ1n) is 7.51. The molecule has 1 nitrogen and oxygen atoms in total. The molecule has 0 saturated heterocycles. The van der Waals surface area contributed by atoms with Crippen LogP contribution in [0.3, 0.4) is 0 Å². The average molecular weight is 258 g/mol. The fourth-order valence-electron chi connectivity index (χ4n) is 2.86. The van der Waals surface area contributed by atoms with Gasteiger partial charge in [-0.3, -0.25) is 0 Å². The molecule has 104 valence electrons. The molecule has 1 unspecified atom stereocenters. The highest BCUT2D eigenvalue weighted by Gasteiger charge is 2.28. The van der Waals surface area contributed by atoms with Gasteiger partial charge in [-0.05, 0) is 68.7 Å². The molecule has 1 N–H and O–H groups in total. The molecule has 0 fully saturated rings. The van der Waals surface area contributed by atoms with Gasteiger partial charge in [-0.2, -0.15) is 0 Å². The Balaban J connectivity index is 2.31. The van der Waals surface area contributed by atoms with Crippen molar-refractivity contribution in [1.29, 1.82) is 0 Å². The molecule has 0 heterocycles. The van der Waals surface area contributed by atoms with Gasteiger partial charge in [-0.1, -0.05) is 37.1 Å². The minimum Gasteiger partial charge on any atom is -0.381 e. The standard InChI is InChI=1S/C18H26O/c1-14-11-12-17(13-15(14)2)18(3,19)16-9-7-5-4-6-8-10-16/h9,11-13,19H,4-8,10H2,1-3H3/b16-9+. The number of aliphatic hydroxyl groups is 1. The maximum absolute atomic E-state index is 11.0. The molecule has 1 aliphatic rings. The van der Waals surface area contributed by atoms with Crippen LogP contribution in [-0.2, 0) is 5.60 Å². The van der Waals surface area contributed by atoms with Gasteiger partial charge in [-0.25, -0.2) is 0 Å². The van der Waals surface area contributed by atoms with Crippen molar-refractivity contribution >= 4 is 0 Å². The van der Waals surface area contributed by atoms with E-state index in [1.165, 1.54) is 42.4 Å². The van der Waals surface area contributed by atoms with Crippen LogP contribution >= 0.6 is 0 Å². The second kappa shape index (κ2) is 5.92. The van der Waals surface area contributed by atoms with Crippen LogP contribution in [0.15, 0.2) is 29.8 Å². The van der Waals surface area contributed by atoms with Crippen molar-refractivity contribution in [3.63, 3.8) is 0 Å². The summed E-state index contributed by atoms with van der Waals surface area (Å²) in [6, 6.07) is 6.32. The van der Waals surface area contributed by atoms with Gasteiger partial charge in [0.1, 0.15) is 5.60 Å². The maximum Gasteiger partial charge on any atom is 0.108 e. The smallest absolute Gasteiger partial charge is 0.108 e. The van der Waals surface area contributed by atoms with E-state index < -0.39 is 5.60 Å². The summed E-state index contributed by atoms with van der Waals surface area (Å²) in [6.45, 7) is 6.18. The zero-order chi connectivity index (χ0) is 13.9. The lowest BCUT2D eigenvalue weighted by Gasteiger charge is -2.29. The summed E-state index contributed by atoms with van der Waals surface area (Å²) in [4.78, 5) is 0. The van der Waals surface area contributed by atoms with Crippen LogP contribution < -0.4 is 0 Å². The topological polar surface area (TPSA) is 20.2 Å². The Hall–Kier alpha value is -1.08. The number of hydrogen-bond donors (Lipinski definition) is 1. The van der Waals surface area contributed by atoms with Gasteiger partial charge in [0.2, 0.25) is 0 Å². The molecule has 0 aromatic heterocycles. The van der Waals surface area contributed by atoms with Gasteiger partial charge < -0.3 is 5.11 Å². The number of allylic oxidation sites excluding steroid dienone is 1. The summed E-state index contributed by atoms with van der Waals surface area (Å²) in [6.07, 6.45) is 9.49. The molecule has 0 spiro atoms. The van der Waals surface area contributed by atoms with Crippen LogP contribution in [0.1, 0.15) is 62.1 Å². The van der Waals surface area contributed by atoms with E-state index in [-0.39, 0.29) is 0 Å². The maximum atomic E-state index is 11.0. The summed E-state index contributed by atoms with van der Waals surface area (Å²) in [5, 5.41) is 11.0. The molecular weight excluding hydrogens is 232 g/mol. The Kier molecular flexibility index (Phi) is 4.46. The van der Waals surface area contributed by atoms with Crippen molar-refractivity contribution in [2.24, 2.45) is 0 Å². The summed E-state index contributed by atoms with van der Waals surface area (Å²) < 4.78 is 0. The largest absolute Gasteiger partial charge is 0.381 e. The molecular formula is C18H26O. The summed E-state index contributed by atoms with van der Waals surface area (Å²) in [7, 11) is 0. The van der Waals surface area contributed by atoms with E-state index in [1.54, 1.807) is 0 Å². The first-order chi connectivity index (χ1) is 9.01. The number of hydrogen-bond acceptors (Lipinski definition) is 1. The highest BCUT2D eigenvalue weighted by Crippen LogP contribution is 2.34. The van der Waals surface area contributed by atoms with Crippen LogP contribution in [0.2, 0.25) is 0 Å². The fraction of sp³-hybridized carbons (Fsp3) is 0.556. The molecule has 2 rings (SSSR count). The van der Waals surface area contributed by atoms with E-state index in [2.05, 4.69) is 38.1 Å². The predicted molar refractivity (Wildman–Crippen MR) is 81.3 cm³/mol. The van der Waals surface area contributed by atoms with Gasteiger partial charge in [0.25, 0.3) is 0 Å². The van der Waals surface area contributed by atoms with Crippen molar-refractivity contribution in [2.45, 2.75) is 64.9 Å². The number of aryl methyl sites for hydroxylation is 2. The van der Waals surface area contributed by atoms with Gasteiger partial charge >= 0.3 is 0 Å². The summed E-state index contributed by atoms with van der Waals surface area (Å²) >= 11 is 0. The normalized spacial score (nSPS) is 22.8. The monoisotopic (exact) mass is 258 g/mol. The minimum absolute atomic E-state index is 0.810. The van der Waals surface area contributed by atoms with E-state index in [0.29, 0.717) is 0 Å². The van der Waals surface area contributed by atoms with Gasteiger partial charge in [0.05, 0.1) is 0 Å². The molecule has 0 bridgehead atoms. The Morgan fingerprint density at radius 3 is 2.47 bits per heavy atom. The van der Waals surface area contributed by atoms with Crippen molar-refractivity contribution in [3.8, 4) is 0 Å². The number of rotatable bonds is 2. The molecule has 1 aromatic rings. The minimum atomic E-state index is -0.810. The van der Waals surface area contributed by atoms with E-state index in [0.717, 1.165) is 18.4 Å². The fourth-order valence-corrected chi connectivity index (χ4v) is 2.86. The van der Waals surface area contributed by atoms with Crippen LogP contribution in [0.25, 0.3) is 0 Å². The molecule has 0 radical (unpaired) electrons. The lowest BCUT2D eigenvalue weighted by atomic mass is 9.82. The Morgan fingerprint density at radius 2 is 1.74 bits per heavy atom. The Morgan fingerprint density at radius 1 is 1.00 bits per heavy atom. The van der Waals surface area contributed by atoms with Crippen LogP contribution in [0.5, 0.6) is 0 Å². The zero-order valence-corrected chi connectivity index (χ0v) is 12.5. The molecule has 1 aliphatic carbocycles. The summed E-state index contributed by atoms with van der Waals surface area (Å²) in [5.74, 6) is 0. The lowest BCUT2D eigenvalue weighted by molar-refractivity contribution is 0.0922. The molecule has 0 aliphatic heterocycles. The SMILES string of the molecule is Cc1ccc(C(C)(O)/C2=C/CCCCCC2)cc1C. The van der Waals surface area contributed by atoms with E-state index in [4.69, 9.17) is 0 Å². The third-order valence-electron chi connectivity index (χ3n) is 4.49. The Bertz CT molecular complexity index is 469. The third-order valence-corrected chi connectivity index (χ3v) is 4.49. The lowest BCUT2D eigenvalue weighted by Crippen LogP contribution is -2.25. The molecule has 1 atom stereocenters. The first kappa shape index (κ1) is 14.3. The highest BCUT2D eigenvalue weighted by atomic mass is 16.3. The van der Waals surface area contributed by atoms with Crippen molar-refractivity contribution in [2.75, 3.05) is 0 Å². The first-order valence-corrected chi connectivity index (χ1v) is 7.51. The van der Waals surface area contributed by atoms with Crippen LogP contribution in [0, 0.1) is 13.8 Å². The Labute approximate surface area is 117 Å². The molecule has 0 saturated carbocycles. The van der Waals surface area contributed by atoms with Crippen molar-refractivity contribution in [1.82, 2.24) is 0 Å². The van der Waals surface area contributed by atoms with E-state index >= 15 is 0 Å².